The van der Waals surface area contributed by atoms with Crippen molar-refractivity contribution in [3.05, 3.63) is 28.8 Å². The van der Waals surface area contributed by atoms with Crippen molar-refractivity contribution < 1.29 is 4.79 Å². The summed E-state index contributed by atoms with van der Waals surface area (Å²) >= 11 is 5.96. The molecule has 4 nitrogen and oxygen atoms in total. The van der Waals surface area contributed by atoms with Crippen molar-refractivity contribution in [1.29, 1.82) is 0 Å². The van der Waals surface area contributed by atoms with Crippen LogP contribution in [0, 0.1) is 0 Å². The van der Waals surface area contributed by atoms with Crippen LogP contribution >= 0.6 is 11.6 Å². The van der Waals surface area contributed by atoms with E-state index in [1.165, 1.54) is 0 Å². The minimum atomic E-state index is 0.179. The number of amides is 1. The molecule has 1 fully saturated rings. The molecule has 0 radical (unpaired) electrons. The number of anilines is 1. The number of nitrogens with zero attached hydrogens (tertiary/aromatic N) is 2. The summed E-state index contributed by atoms with van der Waals surface area (Å²) in [6.45, 7) is 2.57. The Hall–Kier alpha value is -1.26. The number of likely N-dealkylation sites (N-methyl/N-ethyl adjacent to an activating group) is 1. The molecule has 1 aliphatic rings. The zero-order valence-corrected chi connectivity index (χ0v) is 12.0. The highest BCUT2D eigenvalue weighted by molar-refractivity contribution is 6.30. The van der Waals surface area contributed by atoms with Gasteiger partial charge in [-0.25, -0.2) is 0 Å². The number of carbonyl (C=O) groups is 1. The summed E-state index contributed by atoms with van der Waals surface area (Å²) in [5.74, 6) is 0.179. The smallest absolute Gasteiger partial charge is 0.242 e. The van der Waals surface area contributed by atoms with Gasteiger partial charge in [-0.3, -0.25) is 4.79 Å². The van der Waals surface area contributed by atoms with Gasteiger partial charge in [0.05, 0.1) is 6.54 Å². The summed E-state index contributed by atoms with van der Waals surface area (Å²) in [5, 5.41) is 0.670. The lowest BCUT2D eigenvalue weighted by atomic mass is 10.1. The van der Waals surface area contributed by atoms with Crippen LogP contribution in [0.4, 0.5) is 5.69 Å². The summed E-state index contributed by atoms with van der Waals surface area (Å²) in [4.78, 5) is 16.0. The lowest BCUT2D eigenvalue weighted by Crippen LogP contribution is -2.37. The van der Waals surface area contributed by atoms with E-state index >= 15 is 0 Å². The summed E-state index contributed by atoms with van der Waals surface area (Å²) in [7, 11) is 1.91. The van der Waals surface area contributed by atoms with Crippen molar-refractivity contribution >= 4 is 23.2 Å². The van der Waals surface area contributed by atoms with Gasteiger partial charge in [0.25, 0.3) is 0 Å². The first-order valence-corrected chi connectivity index (χ1v) is 6.97. The standard InChI is InChI=1S/C14H20ClN3O/c1-17(10-14(19)18-6-2-3-7-18)13-5-4-12(15)8-11(13)9-16/h4-5,8H,2-3,6-7,9-10,16H2,1H3. The Bertz CT molecular complexity index is 458. The molecule has 0 aliphatic carbocycles. The molecule has 0 bridgehead atoms. The van der Waals surface area contributed by atoms with E-state index in [0.29, 0.717) is 18.1 Å². The highest BCUT2D eigenvalue weighted by Gasteiger charge is 2.19. The largest absolute Gasteiger partial charge is 0.365 e. The van der Waals surface area contributed by atoms with Gasteiger partial charge in [0.1, 0.15) is 0 Å². The second kappa shape index (κ2) is 6.26. The molecule has 104 valence electrons. The Kier molecular flexibility index (Phi) is 4.66. The van der Waals surface area contributed by atoms with E-state index in [0.717, 1.165) is 37.2 Å². The first-order valence-electron chi connectivity index (χ1n) is 6.59. The quantitative estimate of drug-likeness (QED) is 0.916. The number of hydrogen-bond donors (Lipinski definition) is 1. The van der Waals surface area contributed by atoms with Crippen LogP contribution in [-0.2, 0) is 11.3 Å². The highest BCUT2D eigenvalue weighted by Crippen LogP contribution is 2.23. The molecule has 2 rings (SSSR count). The van der Waals surface area contributed by atoms with Crippen molar-refractivity contribution in [1.82, 2.24) is 4.90 Å². The maximum absolute atomic E-state index is 12.1. The molecular formula is C14H20ClN3O. The van der Waals surface area contributed by atoms with Gasteiger partial charge in [0.2, 0.25) is 5.91 Å². The topological polar surface area (TPSA) is 49.6 Å². The molecule has 1 amide bonds. The third-order valence-corrected chi connectivity index (χ3v) is 3.74. The van der Waals surface area contributed by atoms with Crippen LogP contribution in [0.1, 0.15) is 18.4 Å². The van der Waals surface area contributed by atoms with Crippen LogP contribution in [0.3, 0.4) is 0 Å². The number of nitrogens with two attached hydrogens (primary N) is 1. The molecule has 1 heterocycles. The minimum absolute atomic E-state index is 0.179. The fraction of sp³-hybridized carbons (Fsp3) is 0.500. The van der Waals surface area contributed by atoms with Gasteiger partial charge in [0, 0.05) is 37.4 Å². The fourth-order valence-corrected chi connectivity index (χ4v) is 2.64. The zero-order valence-electron chi connectivity index (χ0n) is 11.2. The molecule has 2 N–H and O–H groups in total. The highest BCUT2D eigenvalue weighted by atomic mass is 35.5. The van der Waals surface area contributed by atoms with Gasteiger partial charge in [-0.1, -0.05) is 11.6 Å². The van der Waals surface area contributed by atoms with Gasteiger partial charge in [-0.05, 0) is 36.6 Å². The second-order valence-electron chi connectivity index (χ2n) is 4.92. The maximum Gasteiger partial charge on any atom is 0.242 e. The summed E-state index contributed by atoms with van der Waals surface area (Å²) in [6.07, 6.45) is 2.23. The molecule has 5 heteroatoms. The van der Waals surface area contributed by atoms with Crippen LogP contribution in [-0.4, -0.2) is 37.5 Å². The predicted molar refractivity (Wildman–Crippen MR) is 78.4 cm³/mol. The van der Waals surface area contributed by atoms with Crippen LogP contribution in [0.5, 0.6) is 0 Å². The third kappa shape index (κ3) is 3.39. The average molecular weight is 282 g/mol. The van der Waals surface area contributed by atoms with Gasteiger partial charge >= 0.3 is 0 Å². The predicted octanol–water partition coefficient (Wildman–Crippen LogP) is 1.86. The van der Waals surface area contributed by atoms with Crippen LogP contribution in [0.15, 0.2) is 18.2 Å². The first kappa shape index (κ1) is 14.2. The number of benzene rings is 1. The molecule has 1 aromatic rings. The lowest BCUT2D eigenvalue weighted by Gasteiger charge is -2.24. The summed E-state index contributed by atoms with van der Waals surface area (Å²) < 4.78 is 0. The van der Waals surface area contributed by atoms with Crippen LogP contribution in [0.25, 0.3) is 0 Å². The van der Waals surface area contributed by atoms with Crippen molar-refractivity contribution in [2.75, 3.05) is 31.6 Å². The van der Waals surface area contributed by atoms with Crippen molar-refractivity contribution in [3.8, 4) is 0 Å². The number of carbonyl (C=O) groups excluding carboxylic acids is 1. The van der Waals surface area contributed by atoms with E-state index in [1.807, 2.05) is 35.0 Å². The summed E-state index contributed by atoms with van der Waals surface area (Å²) in [6, 6.07) is 5.60. The van der Waals surface area contributed by atoms with Crippen molar-refractivity contribution in [3.63, 3.8) is 0 Å². The van der Waals surface area contributed by atoms with Gasteiger partial charge in [-0.2, -0.15) is 0 Å². The van der Waals surface area contributed by atoms with Crippen molar-refractivity contribution in [2.24, 2.45) is 5.73 Å². The second-order valence-corrected chi connectivity index (χ2v) is 5.36. The maximum atomic E-state index is 12.1. The molecule has 0 atom stereocenters. The van der Waals surface area contributed by atoms with E-state index in [2.05, 4.69) is 0 Å². The third-order valence-electron chi connectivity index (χ3n) is 3.50. The summed E-state index contributed by atoms with van der Waals surface area (Å²) in [5.41, 5.74) is 7.66. The molecule has 0 aromatic heterocycles. The molecule has 19 heavy (non-hydrogen) atoms. The number of halogens is 1. The normalized spacial score (nSPS) is 14.8. The van der Waals surface area contributed by atoms with E-state index in [4.69, 9.17) is 17.3 Å². The fourth-order valence-electron chi connectivity index (χ4n) is 2.44. The molecule has 0 spiro atoms. The number of likely N-dealkylation sites (tertiary alicyclic amines) is 1. The molecule has 1 aromatic carbocycles. The number of rotatable bonds is 4. The molecule has 1 saturated heterocycles. The van der Waals surface area contributed by atoms with E-state index < -0.39 is 0 Å². The number of hydrogen-bond acceptors (Lipinski definition) is 3. The van der Waals surface area contributed by atoms with Crippen LogP contribution < -0.4 is 10.6 Å². The Balaban J connectivity index is 2.06. The van der Waals surface area contributed by atoms with Crippen LogP contribution in [0.2, 0.25) is 5.02 Å². The SMILES string of the molecule is CN(CC(=O)N1CCCC1)c1ccc(Cl)cc1CN. The Morgan fingerprint density at radius 1 is 1.42 bits per heavy atom. The lowest BCUT2D eigenvalue weighted by molar-refractivity contribution is -0.128. The molecular weight excluding hydrogens is 262 g/mol. The molecule has 0 saturated carbocycles. The van der Waals surface area contributed by atoms with E-state index in [9.17, 15) is 4.79 Å². The zero-order chi connectivity index (χ0) is 13.8. The average Bonchev–Trinajstić information content (AvgIpc) is 2.92. The van der Waals surface area contributed by atoms with Gasteiger partial charge in [-0.15, -0.1) is 0 Å². The monoisotopic (exact) mass is 281 g/mol. The van der Waals surface area contributed by atoms with E-state index in [1.54, 1.807) is 0 Å². The first-order chi connectivity index (χ1) is 9.11. The Labute approximate surface area is 119 Å². The Morgan fingerprint density at radius 2 is 2.11 bits per heavy atom. The Morgan fingerprint density at radius 3 is 2.74 bits per heavy atom. The van der Waals surface area contributed by atoms with Crippen molar-refractivity contribution in [2.45, 2.75) is 19.4 Å². The van der Waals surface area contributed by atoms with E-state index in [-0.39, 0.29) is 5.91 Å². The molecule has 0 unspecified atom stereocenters. The van der Waals surface area contributed by atoms with Gasteiger partial charge < -0.3 is 15.5 Å². The minimum Gasteiger partial charge on any atom is -0.365 e. The molecule has 1 aliphatic heterocycles. The van der Waals surface area contributed by atoms with Gasteiger partial charge in [0.15, 0.2) is 0 Å².